The summed E-state index contributed by atoms with van der Waals surface area (Å²) >= 11 is 1.35. The number of aromatic nitrogens is 4. The Morgan fingerprint density at radius 3 is 2.72 bits per heavy atom. The van der Waals surface area contributed by atoms with Crippen LogP contribution >= 0.6 is 11.3 Å². The quantitative estimate of drug-likeness (QED) is 0.461. The minimum atomic E-state index is -0.918. The third kappa shape index (κ3) is 4.01. The number of nitriles is 1. The summed E-state index contributed by atoms with van der Waals surface area (Å²) in [7, 11) is 0. The summed E-state index contributed by atoms with van der Waals surface area (Å²) in [6.07, 6.45) is 7.69. The molecule has 2 bridgehead atoms. The lowest BCUT2D eigenvalue weighted by Gasteiger charge is -2.56. The number of halogens is 1. The molecule has 9 heteroatoms. The van der Waals surface area contributed by atoms with E-state index in [9.17, 15) is 5.11 Å². The fraction of sp³-hybridized carbons (Fsp3) is 0.519. The zero-order valence-electron chi connectivity index (χ0n) is 20.5. The lowest BCUT2D eigenvalue weighted by molar-refractivity contribution is -0.0555. The number of phenolic OH excluding ortho intramolecular Hbond substituents is 1. The van der Waals surface area contributed by atoms with Gasteiger partial charge in [0, 0.05) is 28.0 Å². The van der Waals surface area contributed by atoms with E-state index in [0.717, 1.165) is 50.5 Å². The van der Waals surface area contributed by atoms with Crippen LogP contribution in [0, 0.1) is 22.2 Å². The Labute approximate surface area is 214 Å². The third-order valence-corrected chi connectivity index (χ3v) is 9.17. The van der Waals surface area contributed by atoms with Gasteiger partial charge in [-0.1, -0.05) is 26.3 Å². The largest absolute Gasteiger partial charge is 0.507 e. The van der Waals surface area contributed by atoms with Gasteiger partial charge in [0.2, 0.25) is 5.95 Å². The van der Waals surface area contributed by atoms with E-state index < -0.39 is 6.17 Å². The van der Waals surface area contributed by atoms with Crippen molar-refractivity contribution in [2.75, 3.05) is 4.90 Å². The molecule has 3 aliphatic rings. The van der Waals surface area contributed by atoms with Gasteiger partial charge in [-0.05, 0) is 56.1 Å². The number of anilines is 1. The molecule has 186 valence electrons. The Morgan fingerprint density at radius 1 is 1.22 bits per heavy atom. The smallest absolute Gasteiger partial charge is 0.245 e. The van der Waals surface area contributed by atoms with Crippen LogP contribution in [0.25, 0.3) is 21.8 Å². The van der Waals surface area contributed by atoms with Crippen LogP contribution in [0.4, 0.5) is 10.3 Å². The summed E-state index contributed by atoms with van der Waals surface area (Å²) in [6.45, 7) is 4.43. The number of hydrogen-bond acceptors (Lipinski definition) is 8. The van der Waals surface area contributed by atoms with Gasteiger partial charge in [-0.15, -0.1) is 21.5 Å². The standard InChI is InChI=1S/C27H29FN6OS/c1-26-8-3-9-27(2,15-26)23(28)21(11-26)34(18-5-6-18)25-30-13-20(32-33-25)19-7-4-16(10-22(19)35)24-31-17(12-29)14-36-24/h4,7,10,13-14,18,21,23,35H,3,5-6,8-9,11,15H2,1-2H3/t21-,23-,26-,27-/m1/s1. The third-order valence-electron chi connectivity index (χ3n) is 8.28. The number of phenols is 1. The molecular formula is C27H29FN6OS. The van der Waals surface area contributed by atoms with Crippen LogP contribution in [0.2, 0.25) is 0 Å². The van der Waals surface area contributed by atoms with Crippen LogP contribution in [0.5, 0.6) is 5.75 Å². The molecule has 2 aromatic heterocycles. The normalized spacial score (nSPS) is 29.5. The van der Waals surface area contributed by atoms with Crippen molar-refractivity contribution in [3.8, 4) is 33.6 Å². The van der Waals surface area contributed by atoms with Crippen molar-refractivity contribution in [1.29, 1.82) is 5.26 Å². The summed E-state index contributed by atoms with van der Waals surface area (Å²) in [5.41, 5.74) is 1.89. The van der Waals surface area contributed by atoms with Crippen molar-refractivity contribution in [2.24, 2.45) is 10.8 Å². The molecule has 3 saturated carbocycles. The number of rotatable bonds is 5. The van der Waals surface area contributed by atoms with Gasteiger partial charge in [-0.2, -0.15) is 5.26 Å². The first-order valence-corrected chi connectivity index (χ1v) is 13.5. The lowest BCUT2D eigenvalue weighted by Crippen LogP contribution is -2.58. The molecule has 1 aromatic carbocycles. The first-order valence-electron chi connectivity index (χ1n) is 12.6. The highest BCUT2D eigenvalue weighted by atomic mass is 32.1. The highest BCUT2D eigenvalue weighted by Gasteiger charge is 2.56. The topological polar surface area (TPSA) is 98.8 Å². The Hall–Kier alpha value is -3.12. The van der Waals surface area contributed by atoms with Gasteiger partial charge in [-0.25, -0.2) is 14.4 Å². The average Bonchev–Trinajstić information content (AvgIpc) is 3.57. The molecule has 3 aromatic rings. The molecule has 0 unspecified atom stereocenters. The number of hydrogen-bond donors (Lipinski definition) is 1. The van der Waals surface area contributed by atoms with Gasteiger partial charge < -0.3 is 10.0 Å². The number of alkyl halides is 1. The minimum absolute atomic E-state index is 0.0360. The van der Waals surface area contributed by atoms with Gasteiger partial charge in [-0.3, -0.25) is 0 Å². The lowest BCUT2D eigenvalue weighted by atomic mass is 9.54. The molecule has 0 spiro atoms. The molecule has 0 amide bonds. The Morgan fingerprint density at radius 2 is 2.06 bits per heavy atom. The molecule has 6 rings (SSSR count). The van der Waals surface area contributed by atoms with Crippen molar-refractivity contribution in [3.05, 3.63) is 35.5 Å². The van der Waals surface area contributed by atoms with Crippen molar-refractivity contribution >= 4 is 17.3 Å². The van der Waals surface area contributed by atoms with E-state index in [2.05, 4.69) is 38.9 Å². The molecule has 7 nitrogen and oxygen atoms in total. The SMILES string of the molecule is C[C@]12CCC[C@](C)(C1)[C@H](F)[C@H](N(c1ncc(-c3ccc(-c4nc(C#N)cs4)cc3O)nn1)C1CC1)C2. The second-order valence-electron chi connectivity index (χ2n) is 11.3. The van der Waals surface area contributed by atoms with E-state index in [1.807, 2.05) is 12.1 Å². The average molecular weight is 505 g/mol. The molecular weight excluding hydrogens is 475 g/mol. The van der Waals surface area contributed by atoms with Gasteiger partial charge in [0.25, 0.3) is 0 Å². The predicted octanol–water partition coefficient (Wildman–Crippen LogP) is 5.91. The number of nitrogens with zero attached hydrogens (tertiary/aromatic N) is 6. The number of aromatic hydroxyl groups is 1. The van der Waals surface area contributed by atoms with E-state index >= 15 is 4.39 Å². The summed E-state index contributed by atoms with van der Waals surface area (Å²) in [4.78, 5) is 11.0. The zero-order valence-corrected chi connectivity index (χ0v) is 21.3. The first-order chi connectivity index (χ1) is 17.3. The van der Waals surface area contributed by atoms with E-state index in [-0.39, 0.29) is 28.7 Å². The van der Waals surface area contributed by atoms with Gasteiger partial charge >= 0.3 is 0 Å². The van der Waals surface area contributed by atoms with Crippen molar-refractivity contribution in [1.82, 2.24) is 20.2 Å². The maximum Gasteiger partial charge on any atom is 0.245 e. The molecule has 0 saturated heterocycles. The van der Waals surface area contributed by atoms with E-state index in [1.54, 1.807) is 23.7 Å². The van der Waals surface area contributed by atoms with Crippen molar-refractivity contribution < 1.29 is 9.50 Å². The molecule has 0 aliphatic heterocycles. The molecule has 0 radical (unpaired) electrons. The summed E-state index contributed by atoms with van der Waals surface area (Å²) in [5, 5.41) is 30.9. The van der Waals surface area contributed by atoms with Gasteiger partial charge in [0.15, 0.2) is 5.69 Å². The van der Waals surface area contributed by atoms with Crippen LogP contribution in [0.3, 0.4) is 0 Å². The van der Waals surface area contributed by atoms with Gasteiger partial charge in [0.05, 0.1) is 12.2 Å². The highest BCUT2D eigenvalue weighted by molar-refractivity contribution is 7.13. The molecule has 3 fully saturated rings. The van der Waals surface area contributed by atoms with E-state index in [1.165, 1.54) is 11.3 Å². The Kier molecular flexibility index (Phi) is 5.48. The molecule has 1 N–H and O–H groups in total. The highest BCUT2D eigenvalue weighted by Crippen LogP contribution is 2.58. The molecule has 36 heavy (non-hydrogen) atoms. The van der Waals surface area contributed by atoms with Crippen LogP contribution in [0.1, 0.15) is 64.5 Å². The van der Waals surface area contributed by atoms with Crippen LogP contribution in [-0.4, -0.2) is 43.5 Å². The second-order valence-corrected chi connectivity index (χ2v) is 12.2. The second kappa shape index (κ2) is 8.48. The number of fused-ring (bicyclic) bond motifs is 2. The summed E-state index contributed by atoms with van der Waals surface area (Å²) in [5.74, 6) is 0.512. The summed E-state index contributed by atoms with van der Waals surface area (Å²) in [6, 6.07) is 7.24. The monoisotopic (exact) mass is 504 g/mol. The Balaban J connectivity index is 1.28. The minimum Gasteiger partial charge on any atom is -0.507 e. The maximum atomic E-state index is 16.0. The molecule has 2 heterocycles. The van der Waals surface area contributed by atoms with E-state index in [4.69, 9.17) is 5.26 Å². The fourth-order valence-electron chi connectivity index (χ4n) is 6.58. The predicted molar refractivity (Wildman–Crippen MR) is 136 cm³/mol. The van der Waals surface area contributed by atoms with Gasteiger partial charge in [0.1, 0.15) is 28.7 Å². The van der Waals surface area contributed by atoms with Crippen LogP contribution in [0.15, 0.2) is 29.8 Å². The van der Waals surface area contributed by atoms with Crippen LogP contribution in [-0.2, 0) is 0 Å². The first kappa shape index (κ1) is 23.3. The van der Waals surface area contributed by atoms with Crippen molar-refractivity contribution in [2.45, 2.75) is 77.0 Å². The molecule has 4 atom stereocenters. The number of benzene rings is 1. The maximum absolute atomic E-state index is 16.0. The fourth-order valence-corrected chi connectivity index (χ4v) is 7.32. The molecule has 3 aliphatic carbocycles. The zero-order chi connectivity index (χ0) is 25.1. The van der Waals surface area contributed by atoms with Crippen molar-refractivity contribution in [3.63, 3.8) is 0 Å². The van der Waals surface area contributed by atoms with E-state index in [0.29, 0.717) is 27.9 Å². The Bertz CT molecular complexity index is 1330. The summed E-state index contributed by atoms with van der Waals surface area (Å²) < 4.78 is 16.0. The number of thiazole rings is 1. The van der Waals surface area contributed by atoms with Crippen LogP contribution < -0.4 is 4.90 Å².